The van der Waals surface area contributed by atoms with Crippen LogP contribution in [0.25, 0.3) is 0 Å². The molecule has 15 heavy (non-hydrogen) atoms. The topological polar surface area (TPSA) is 52.3 Å². The summed E-state index contributed by atoms with van der Waals surface area (Å²) in [6.07, 6.45) is 0. The maximum absolute atomic E-state index is 12.1. The molecule has 1 rings (SSSR count). The van der Waals surface area contributed by atoms with Crippen LogP contribution in [0.15, 0.2) is 23.1 Å². The van der Waals surface area contributed by atoms with Gasteiger partial charge in [-0.15, -0.1) is 0 Å². The Balaban J connectivity index is 2.91. The summed E-state index contributed by atoms with van der Waals surface area (Å²) in [5.41, 5.74) is 7.31. The highest BCUT2D eigenvalue weighted by molar-refractivity contribution is 7.85. The summed E-state index contributed by atoms with van der Waals surface area (Å²) in [6.45, 7) is 4.33. The molecule has 2 unspecified atom stereocenters. The number of benzene rings is 1. The maximum Gasteiger partial charge on any atom is 0.0607 e. The summed E-state index contributed by atoms with van der Waals surface area (Å²) in [4.78, 5) is 0.841. The van der Waals surface area contributed by atoms with E-state index >= 15 is 0 Å². The van der Waals surface area contributed by atoms with Gasteiger partial charge in [0.25, 0.3) is 0 Å². The molecule has 0 aliphatic heterocycles. The lowest BCUT2D eigenvalue weighted by atomic mass is 10.2. The Morgan fingerprint density at radius 1 is 1.53 bits per heavy atom. The fraction of sp³-hybridized carbons (Fsp3) is 0.455. The molecule has 1 aromatic carbocycles. The van der Waals surface area contributed by atoms with Crippen molar-refractivity contribution in [3.8, 4) is 0 Å². The predicted octanol–water partition coefficient (Wildman–Crippen LogP) is 1.72. The molecule has 0 saturated heterocycles. The molecule has 2 atom stereocenters. The van der Waals surface area contributed by atoms with E-state index in [2.05, 4.69) is 0 Å². The van der Waals surface area contributed by atoms with Crippen molar-refractivity contribution in [3.63, 3.8) is 0 Å². The molecular formula is C11H17NO2S. The first-order valence-corrected chi connectivity index (χ1v) is 6.03. The number of anilines is 1. The third-order valence-electron chi connectivity index (χ3n) is 2.18. The van der Waals surface area contributed by atoms with E-state index in [0.29, 0.717) is 12.3 Å². The van der Waals surface area contributed by atoms with Crippen molar-refractivity contribution in [2.24, 2.45) is 0 Å². The van der Waals surface area contributed by atoms with Crippen LogP contribution in [0.5, 0.6) is 0 Å². The molecule has 3 nitrogen and oxygen atoms in total. The zero-order valence-corrected chi connectivity index (χ0v) is 10.1. The summed E-state index contributed by atoms with van der Waals surface area (Å²) >= 11 is 0. The molecule has 0 amide bonds. The average Bonchev–Trinajstić information content (AvgIpc) is 2.17. The standard InChI is InChI=1S/C11H17NO2S/c1-8-6-10(12)4-5-11(8)15(13)9(2)7-14-3/h4-6,9H,7,12H2,1-3H3. The molecule has 0 aromatic heterocycles. The number of hydrogen-bond acceptors (Lipinski definition) is 3. The Labute approximate surface area is 93.1 Å². The third kappa shape index (κ3) is 3.04. The molecule has 0 bridgehead atoms. The van der Waals surface area contributed by atoms with E-state index in [1.165, 1.54) is 0 Å². The van der Waals surface area contributed by atoms with Crippen LogP contribution in [0.3, 0.4) is 0 Å². The van der Waals surface area contributed by atoms with E-state index in [-0.39, 0.29) is 5.25 Å². The normalized spacial score (nSPS) is 14.9. The summed E-state index contributed by atoms with van der Waals surface area (Å²) in [7, 11) is 0.586. The van der Waals surface area contributed by atoms with Gasteiger partial charge in [0.1, 0.15) is 0 Å². The number of nitrogens with two attached hydrogens (primary N) is 1. The van der Waals surface area contributed by atoms with Crippen molar-refractivity contribution in [2.75, 3.05) is 19.5 Å². The van der Waals surface area contributed by atoms with Gasteiger partial charge < -0.3 is 10.5 Å². The number of methoxy groups -OCH3 is 1. The highest BCUT2D eigenvalue weighted by Gasteiger charge is 2.14. The second-order valence-electron chi connectivity index (χ2n) is 3.59. The van der Waals surface area contributed by atoms with Gasteiger partial charge in [-0.3, -0.25) is 4.21 Å². The van der Waals surface area contributed by atoms with E-state index in [1.807, 2.05) is 26.0 Å². The van der Waals surface area contributed by atoms with Crippen molar-refractivity contribution in [1.82, 2.24) is 0 Å². The predicted molar refractivity (Wildman–Crippen MR) is 63.3 cm³/mol. The number of ether oxygens (including phenoxy) is 1. The lowest BCUT2D eigenvalue weighted by Crippen LogP contribution is -2.17. The summed E-state index contributed by atoms with van der Waals surface area (Å²) in [6, 6.07) is 5.44. The number of hydrogen-bond donors (Lipinski definition) is 1. The molecule has 4 heteroatoms. The van der Waals surface area contributed by atoms with Crippen molar-refractivity contribution in [3.05, 3.63) is 23.8 Å². The van der Waals surface area contributed by atoms with E-state index in [4.69, 9.17) is 10.5 Å². The lowest BCUT2D eigenvalue weighted by molar-refractivity contribution is 0.201. The van der Waals surface area contributed by atoms with E-state index in [0.717, 1.165) is 10.5 Å². The van der Waals surface area contributed by atoms with Crippen molar-refractivity contribution >= 4 is 16.5 Å². The van der Waals surface area contributed by atoms with Gasteiger partial charge >= 0.3 is 0 Å². The van der Waals surface area contributed by atoms with Gasteiger partial charge in [-0.25, -0.2) is 0 Å². The van der Waals surface area contributed by atoms with Gasteiger partial charge in [-0.1, -0.05) is 0 Å². The van der Waals surface area contributed by atoms with Crippen molar-refractivity contribution < 1.29 is 8.95 Å². The van der Waals surface area contributed by atoms with Crippen LogP contribution in [-0.2, 0) is 15.5 Å². The summed E-state index contributed by atoms with van der Waals surface area (Å²) in [5, 5.41) is -0.00248. The van der Waals surface area contributed by atoms with Crippen LogP contribution in [0, 0.1) is 6.92 Å². The van der Waals surface area contributed by atoms with Crippen LogP contribution in [-0.4, -0.2) is 23.2 Å². The molecule has 0 fully saturated rings. The maximum atomic E-state index is 12.1. The Morgan fingerprint density at radius 2 is 2.20 bits per heavy atom. The van der Waals surface area contributed by atoms with Crippen LogP contribution >= 0.6 is 0 Å². The second-order valence-corrected chi connectivity index (χ2v) is 5.43. The number of nitrogen functional groups attached to an aromatic ring is 1. The highest BCUT2D eigenvalue weighted by atomic mass is 32.2. The first kappa shape index (κ1) is 12.2. The molecule has 0 radical (unpaired) electrons. The zero-order chi connectivity index (χ0) is 11.4. The van der Waals surface area contributed by atoms with Gasteiger partial charge in [0, 0.05) is 17.7 Å². The fourth-order valence-electron chi connectivity index (χ4n) is 1.41. The van der Waals surface area contributed by atoms with Gasteiger partial charge in [-0.2, -0.15) is 0 Å². The zero-order valence-electron chi connectivity index (χ0n) is 9.32. The smallest absolute Gasteiger partial charge is 0.0607 e. The first-order valence-electron chi connectivity index (χ1n) is 4.82. The summed E-state index contributed by atoms with van der Waals surface area (Å²) in [5.74, 6) is 0. The highest BCUT2D eigenvalue weighted by Crippen LogP contribution is 2.19. The second kappa shape index (κ2) is 5.28. The van der Waals surface area contributed by atoms with E-state index < -0.39 is 10.8 Å². The lowest BCUT2D eigenvalue weighted by Gasteiger charge is -2.12. The molecule has 0 aliphatic rings. The largest absolute Gasteiger partial charge is 0.399 e. The molecule has 0 aliphatic carbocycles. The Hall–Kier alpha value is -0.870. The Kier molecular flexibility index (Phi) is 4.29. The third-order valence-corrected chi connectivity index (χ3v) is 3.94. The number of rotatable bonds is 4. The molecule has 84 valence electrons. The average molecular weight is 227 g/mol. The van der Waals surface area contributed by atoms with E-state index in [9.17, 15) is 4.21 Å². The van der Waals surface area contributed by atoms with Crippen molar-refractivity contribution in [1.29, 1.82) is 0 Å². The van der Waals surface area contributed by atoms with E-state index in [1.54, 1.807) is 13.2 Å². The summed E-state index contributed by atoms with van der Waals surface area (Å²) < 4.78 is 17.0. The molecule has 0 heterocycles. The van der Waals surface area contributed by atoms with Gasteiger partial charge in [0.2, 0.25) is 0 Å². The van der Waals surface area contributed by atoms with Crippen LogP contribution in [0.4, 0.5) is 5.69 Å². The molecule has 0 spiro atoms. The van der Waals surface area contributed by atoms with Gasteiger partial charge in [-0.05, 0) is 37.6 Å². The SMILES string of the molecule is COCC(C)S(=O)c1ccc(N)cc1C. The monoisotopic (exact) mass is 227 g/mol. The molecular weight excluding hydrogens is 210 g/mol. The van der Waals surface area contributed by atoms with Crippen LogP contribution in [0.1, 0.15) is 12.5 Å². The molecule has 1 aromatic rings. The Bertz CT molecular complexity index is 366. The van der Waals surface area contributed by atoms with Gasteiger partial charge in [0.15, 0.2) is 0 Å². The Morgan fingerprint density at radius 3 is 2.73 bits per heavy atom. The van der Waals surface area contributed by atoms with Crippen LogP contribution in [0.2, 0.25) is 0 Å². The van der Waals surface area contributed by atoms with Gasteiger partial charge in [0.05, 0.1) is 22.7 Å². The minimum Gasteiger partial charge on any atom is -0.399 e. The fourth-order valence-corrected chi connectivity index (χ4v) is 2.68. The minimum absolute atomic E-state index is 0.00248. The van der Waals surface area contributed by atoms with Crippen LogP contribution < -0.4 is 5.73 Å². The van der Waals surface area contributed by atoms with Crippen molar-refractivity contribution in [2.45, 2.75) is 24.0 Å². The first-order chi connectivity index (χ1) is 7.06. The minimum atomic E-state index is -1.03. The quantitative estimate of drug-likeness (QED) is 0.797. The molecule has 0 saturated carbocycles. The molecule has 2 N–H and O–H groups in total. The number of aryl methyl sites for hydroxylation is 1.